The van der Waals surface area contributed by atoms with Crippen LogP contribution in [0.2, 0.25) is 0 Å². The van der Waals surface area contributed by atoms with Crippen LogP contribution >= 0.6 is 0 Å². The van der Waals surface area contributed by atoms with Gasteiger partial charge in [0.2, 0.25) is 0 Å². The Morgan fingerprint density at radius 3 is 2.27 bits per heavy atom. The molecule has 1 aromatic rings. The fraction of sp³-hybridized carbons (Fsp3) is 0.417. The fourth-order valence-electron chi connectivity index (χ4n) is 1.06. The third-order valence-corrected chi connectivity index (χ3v) is 2.35. The van der Waals surface area contributed by atoms with Gasteiger partial charge in [-0.3, -0.25) is 0 Å². The van der Waals surface area contributed by atoms with Gasteiger partial charge in [0, 0.05) is 0 Å². The summed E-state index contributed by atoms with van der Waals surface area (Å²) in [4.78, 5) is 10.6. The Kier molecular flexibility index (Phi) is 3.35. The monoisotopic (exact) mass is 208 g/mol. The smallest absolute Gasteiger partial charge is 0.335 e. The lowest BCUT2D eigenvalue weighted by Crippen LogP contribution is -2.26. The lowest BCUT2D eigenvalue weighted by molar-refractivity contribution is 0.0696. The van der Waals surface area contributed by atoms with Crippen LogP contribution in [0.25, 0.3) is 0 Å². The third kappa shape index (κ3) is 3.27. The average Bonchev–Trinajstić information content (AvgIpc) is 2.18. The van der Waals surface area contributed by atoms with Crippen molar-refractivity contribution in [3.05, 3.63) is 29.8 Å². The summed E-state index contributed by atoms with van der Waals surface area (Å²) in [5.74, 6) is -0.219. The Morgan fingerprint density at radius 1 is 1.33 bits per heavy atom. The Hall–Kier alpha value is -1.51. The summed E-state index contributed by atoms with van der Waals surface area (Å²) in [5.41, 5.74) is 0.0572. The standard InChI is InChI=1S/C12H16O3/c1-4-12(2,3)15-10-7-5-9(6-8-10)11(13)14/h5-8H,4H2,1-3H3,(H,13,14). The number of rotatable bonds is 4. The maximum Gasteiger partial charge on any atom is 0.335 e. The molecule has 0 spiro atoms. The topological polar surface area (TPSA) is 46.5 Å². The molecule has 0 aliphatic heterocycles. The zero-order valence-corrected chi connectivity index (χ0v) is 9.28. The molecule has 0 aliphatic rings. The van der Waals surface area contributed by atoms with Crippen LogP contribution in [0.15, 0.2) is 24.3 Å². The van der Waals surface area contributed by atoms with Crippen molar-refractivity contribution in [1.82, 2.24) is 0 Å². The van der Waals surface area contributed by atoms with Gasteiger partial charge in [-0.25, -0.2) is 4.79 Å². The minimum atomic E-state index is -0.920. The van der Waals surface area contributed by atoms with Gasteiger partial charge in [0.25, 0.3) is 0 Å². The lowest BCUT2D eigenvalue weighted by Gasteiger charge is -2.24. The van der Waals surface area contributed by atoms with Crippen LogP contribution in [0.1, 0.15) is 37.6 Å². The first-order valence-electron chi connectivity index (χ1n) is 4.97. The number of carboxylic acids is 1. The molecule has 3 heteroatoms. The van der Waals surface area contributed by atoms with Crippen LogP contribution in [-0.2, 0) is 0 Å². The van der Waals surface area contributed by atoms with Gasteiger partial charge >= 0.3 is 5.97 Å². The molecule has 1 aromatic carbocycles. The van der Waals surface area contributed by atoms with Crippen LogP contribution in [0.4, 0.5) is 0 Å². The summed E-state index contributed by atoms with van der Waals surface area (Å²) in [6.45, 7) is 6.04. The van der Waals surface area contributed by atoms with Crippen LogP contribution in [0.5, 0.6) is 5.75 Å². The SMILES string of the molecule is CCC(C)(C)Oc1ccc(C(=O)O)cc1. The normalized spacial score (nSPS) is 11.1. The summed E-state index contributed by atoms with van der Waals surface area (Å²) < 4.78 is 5.69. The molecule has 0 aliphatic carbocycles. The maximum absolute atomic E-state index is 10.6. The number of aromatic carboxylic acids is 1. The molecular weight excluding hydrogens is 192 g/mol. The molecule has 1 rings (SSSR count). The molecule has 1 N–H and O–H groups in total. The second kappa shape index (κ2) is 4.34. The third-order valence-electron chi connectivity index (χ3n) is 2.35. The number of hydrogen-bond acceptors (Lipinski definition) is 2. The van der Waals surface area contributed by atoms with Crippen molar-refractivity contribution in [3.8, 4) is 5.75 Å². The lowest BCUT2D eigenvalue weighted by atomic mass is 10.1. The van der Waals surface area contributed by atoms with Crippen molar-refractivity contribution >= 4 is 5.97 Å². The fourth-order valence-corrected chi connectivity index (χ4v) is 1.06. The van der Waals surface area contributed by atoms with E-state index in [0.717, 1.165) is 6.42 Å². The number of carbonyl (C=O) groups is 1. The molecule has 0 unspecified atom stereocenters. The zero-order chi connectivity index (χ0) is 11.5. The van der Waals surface area contributed by atoms with Gasteiger partial charge in [-0.05, 0) is 44.5 Å². The van der Waals surface area contributed by atoms with Crippen molar-refractivity contribution in [2.24, 2.45) is 0 Å². The Morgan fingerprint density at radius 2 is 1.87 bits per heavy atom. The summed E-state index contributed by atoms with van der Waals surface area (Å²) in [6.07, 6.45) is 0.897. The minimum Gasteiger partial charge on any atom is -0.488 e. The molecule has 0 heterocycles. The first kappa shape index (κ1) is 11.6. The molecule has 0 saturated carbocycles. The molecule has 0 bridgehead atoms. The maximum atomic E-state index is 10.6. The highest BCUT2D eigenvalue weighted by Gasteiger charge is 2.16. The molecule has 3 nitrogen and oxygen atoms in total. The molecule has 82 valence electrons. The molecule has 0 saturated heterocycles. The van der Waals surface area contributed by atoms with E-state index >= 15 is 0 Å². The second-order valence-corrected chi connectivity index (χ2v) is 4.04. The van der Waals surface area contributed by atoms with E-state index in [2.05, 4.69) is 0 Å². The Labute approximate surface area is 89.7 Å². The average molecular weight is 208 g/mol. The van der Waals surface area contributed by atoms with Crippen molar-refractivity contribution in [2.75, 3.05) is 0 Å². The van der Waals surface area contributed by atoms with Gasteiger partial charge < -0.3 is 9.84 Å². The largest absolute Gasteiger partial charge is 0.488 e. The molecule has 0 fully saturated rings. The van der Waals surface area contributed by atoms with E-state index in [1.165, 1.54) is 0 Å². The van der Waals surface area contributed by atoms with E-state index in [9.17, 15) is 4.79 Å². The van der Waals surface area contributed by atoms with Crippen LogP contribution in [0.3, 0.4) is 0 Å². The minimum absolute atomic E-state index is 0.218. The van der Waals surface area contributed by atoms with Crippen LogP contribution in [-0.4, -0.2) is 16.7 Å². The summed E-state index contributed by atoms with van der Waals surface area (Å²) in [5, 5.41) is 8.71. The first-order chi connectivity index (χ1) is 6.94. The van der Waals surface area contributed by atoms with Gasteiger partial charge in [0.15, 0.2) is 0 Å². The number of ether oxygens (including phenoxy) is 1. The van der Waals surface area contributed by atoms with Crippen molar-refractivity contribution in [3.63, 3.8) is 0 Å². The summed E-state index contributed by atoms with van der Waals surface area (Å²) >= 11 is 0. The van der Waals surface area contributed by atoms with Gasteiger partial charge in [0.05, 0.1) is 5.56 Å². The molecule has 0 aromatic heterocycles. The van der Waals surface area contributed by atoms with E-state index in [0.29, 0.717) is 5.75 Å². The van der Waals surface area contributed by atoms with E-state index in [4.69, 9.17) is 9.84 Å². The highest BCUT2D eigenvalue weighted by Crippen LogP contribution is 2.21. The summed E-state index contributed by atoms with van der Waals surface area (Å²) in [7, 11) is 0. The van der Waals surface area contributed by atoms with E-state index in [1.807, 2.05) is 20.8 Å². The van der Waals surface area contributed by atoms with Crippen molar-refractivity contribution < 1.29 is 14.6 Å². The number of hydrogen-bond donors (Lipinski definition) is 1. The van der Waals surface area contributed by atoms with Gasteiger partial charge in [-0.2, -0.15) is 0 Å². The highest BCUT2D eigenvalue weighted by atomic mass is 16.5. The molecule has 0 atom stereocenters. The van der Waals surface area contributed by atoms with Crippen LogP contribution in [0, 0.1) is 0 Å². The van der Waals surface area contributed by atoms with Gasteiger partial charge in [0.1, 0.15) is 11.4 Å². The molecular formula is C12H16O3. The number of benzene rings is 1. The van der Waals surface area contributed by atoms with E-state index < -0.39 is 5.97 Å². The van der Waals surface area contributed by atoms with Gasteiger partial charge in [-0.15, -0.1) is 0 Å². The molecule has 15 heavy (non-hydrogen) atoms. The zero-order valence-electron chi connectivity index (χ0n) is 9.28. The predicted octanol–water partition coefficient (Wildman–Crippen LogP) is 2.95. The Bertz CT molecular complexity index is 338. The highest BCUT2D eigenvalue weighted by molar-refractivity contribution is 5.87. The summed E-state index contributed by atoms with van der Waals surface area (Å²) in [6, 6.07) is 6.45. The quantitative estimate of drug-likeness (QED) is 0.827. The van der Waals surface area contributed by atoms with E-state index in [1.54, 1.807) is 24.3 Å². The number of carboxylic acid groups (broad SMARTS) is 1. The van der Waals surface area contributed by atoms with Crippen molar-refractivity contribution in [1.29, 1.82) is 0 Å². The molecule has 0 amide bonds. The predicted molar refractivity (Wildman–Crippen MR) is 58.4 cm³/mol. The van der Waals surface area contributed by atoms with Crippen molar-refractivity contribution in [2.45, 2.75) is 32.8 Å². The molecule has 0 radical (unpaired) electrons. The van der Waals surface area contributed by atoms with E-state index in [-0.39, 0.29) is 11.2 Å². The first-order valence-corrected chi connectivity index (χ1v) is 4.97. The van der Waals surface area contributed by atoms with Crippen LogP contribution < -0.4 is 4.74 Å². The Balaban J connectivity index is 2.77. The van der Waals surface area contributed by atoms with Gasteiger partial charge in [-0.1, -0.05) is 6.92 Å². The second-order valence-electron chi connectivity index (χ2n) is 4.04.